The summed E-state index contributed by atoms with van der Waals surface area (Å²) in [6, 6.07) is 6.60. The van der Waals surface area contributed by atoms with E-state index in [0.717, 1.165) is 0 Å². The van der Waals surface area contributed by atoms with Gasteiger partial charge >= 0.3 is 0 Å². The van der Waals surface area contributed by atoms with E-state index in [2.05, 4.69) is 15.3 Å². The summed E-state index contributed by atoms with van der Waals surface area (Å²) in [6.07, 6.45) is -0.465. The summed E-state index contributed by atoms with van der Waals surface area (Å²) < 4.78 is 22.7. The molecule has 0 aliphatic rings. The zero-order chi connectivity index (χ0) is 16.8. The van der Waals surface area contributed by atoms with Crippen LogP contribution in [0.4, 0.5) is 10.1 Å². The minimum absolute atomic E-state index is 0.152. The molecule has 0 saturated heterocycles. The molecule has 0 atom stereocenters. The van der Waals surface area contributed by atoms with Crippen molar-refractivity contribution in [3.8, 4) is 11.8 Å². The summed E-state index contributed by atoms with van der Waals surface area (Å²) in [7, 11) is 2.77. The summed E-state index contributed by atoms with van der Waals surface area (Å²) in [5.74, 6) is -1.46. The predicted octanol–water partition coefficient (Wildman–Crippen LogP) is 1.84. The van der Waals surface area contributed by atoms with Crippen LogP contribution in [0.15, 0.2) is 30.3 Å². The Hall–Kier alpha value is -3.03. The van der Waals surface area contributed by atoms with Gasteiger partial charge in [-0.15, -0.1) is 0 Å². The molecule has 7 nitrogen and oxygen atoms in total. The third-order valence-corrected chi connectivity index (χ3v) is 2.80. The fourth-order valence-electron chi connectivity index (χ4n) is 1.70. The average molecular weight is 319 g/mol. The number of nitrogens with zero attached hydrogens (tertiary/aromatic N) is 2. The molecule has 1 N–H and O–H groups in total. The van der Waals surface area contributed by atoms with Crippen LogP contribution in [0, 0.1) is 5.82 Å². The minimum atomic E-state index is -0.596. The normalized spacial score (nSPS) is 10.0. The Labute approximate surface area is 131 Å². The average Bonchev–Trinajstić information content (AvgIpc) is 2.56. The number of carbonyl (C=O) groups excluding carboxylic acids is 2. The third-order valence-electron chi connectivity index (χ3n) is 2.80. The number of Topliss-reactive ketones (excluding diaryl/α,β-unsaturated/α-hetero) is 1. The zero-order valence-electron chi connectivity index (χ0n) is 12.5. The van der Waals surface area contributed by atoms with Crippen LogP contribution in [0.25, 0.3) is 0 Å². The molecule has 23 heavy (non-hydrogen) atoms. The van der Waals surface area contributed by atoms with E-state index in [4.69, 9.17) is 9.47 Å². The number of anilines is 1. The van der Waals surface area contributed by atoms with Crippen LogP contribution >= 0.6 is 0 Å². The van der Waals surface area contributed by atoms with Crippen molar-refractivity contribution >= 4 is 17.4 Å². The van der Waals surface area contributed by atoms with E-state index < -0.39 is 23.9 Å². The van der Waals surface area contributed by atoms with Gasteiger partial charge in [0.15, 0.2) is 0 Å². The molecule has 1 amide bonds. The second kappa shape index (κ2) is 7.30. The number of amides is 1. The number of ether oxygens (including phenoxy) is 2. The van der Waals surface area contributed by atoms with E-state index in [1.165, 1.54) is 44.6 Å². The van der Waals surface area contributed by atoms with Crippen LogP contribution < -0.4 is 14.8 Å². The Bertz CT molecular complexity index is 697. The number of nitrogens with one attached hydrogen (secondary N) is 1. The molecule has 0 fully saturated rings. The van der Waals surface area contributed by atoms with Gasteiger partial charge in [0.25, 0.3) is 0 Å². The van der Waals surface area contributed by atoms with Crippen molar-refractivity contribution in [3.63, 3.8) is 0 Å². The number of hydrogen-bond donors (Lipinski definition) is 1. The topological polar surface area (TPSA) is 90.4 Å². The highest BCUT2D eigenvalue weighted by molar-refractivity contribution is 6.09. The van der Waals surface area contributed by atoms with Crippen LogP contribution in [0.5, 0.6) is 11.8 Å². The summed E-state index contributed by atoms with van der Waals surface area (Å²) in [6.45, 7) is 0. The van der Waals surface area contributed by atoms with Crippen LogP contribution in [-0.2, 0) is 4.79 Å². The highest BCUT2D eigenvalue weighted by atomic mass is 19.1. The first-order valence-electron chi connectivity index (χ1n) is 6.57. The third kappa shape index (κ3) is 4.47. The largest absolute Gasteiger partial charge is 0.481 e. The predicted molar refractivity (Wildman–Crippen MR) is 79.1 cm³/mol. The first-order chi connectivity index (χ1) is 11.0. The van der Waals surface area contributed by atoms with Crippen molar-refractivity contribution in [2.75, 3.05) is 19.5 Å². The Morgan fingerprint density at radius 3 is 2.17 bits per heavy atom. The van der Waals surface area contributed by atoms with E-state index in [-0.39, 0.29) is 17.6 Å². The van der Waals surface area contributed by atoms with E-state index in [1.54, 1.807) is 0 Å². The summed E-state index contributed by atoms with van der Waals surface area (Å²) in [4.78, 5) is 31.7. The first-order valence-corrected chi connectivity index (χ1v) is 6.57. The molecule has 0 aliphatic heterocycles. The maximum absolute atomic E-state index is 12.8. The molecule has 1 aromatic heterocycles. The van der Waals surface area contributed by atoms with E-state index in [9.17, 15) is 14.0 Å². The van der Waals surface area contributed by atoms with Crippen LogP contribution in [0.1, 0.15) is 17.0 Å². The molecular weight excluding hydrogens is 305 g/mol. The zero-order valence-corrected chi connectivity index (χ0v) is 12.5. The molecule has 0 unspecified atom stereocenters. The van der Waals surface area contributed by atoms with Gasteiger partial charge in [0.1, 0.15) is 5.82 Å². The van der Waals surface area contributed by atoms with E-state index >= 15 is 0 Å². The molecular formula is C15H14FN3O4. The monoisotopic (exact) mass is 319 g/mol. The number of methoxy groups -OCH3 is 2. The number of hydrogen-bond acceptors (Lipinski definition) is 6. The molecule has 0 aliphatic carbocycles. The van der Waals surface area contributed by atoms with Gasteiger partial charge in [0.2, 0.25) is 29.3 Å². The lowest BCUT2D eigenvalue weighted by Gasteiger charge is -2.06. The lowest BCUT2D eigenvalue weighted by Crippen LogP contribution is -2.18. The van der Waals surface area contributed by atoms with Crippen LogP contribution in [0.2, 0.25) is 0 Å². The number of halogens is 1. The van der Waals surface area contributed by atoms with E-state index in [1.807, 2.05) is 0 Å². The molecule has 0 spiro atoms. The molecule has 0 radical (unpaired) electrons. The molecule has 1 aromatic carbocycles. The number of ketones is 1. The number of rotatable bonds is 6. The Morgan fingerprint density at radius 1 is 1.09 bits per heavy atom. The summed E-state index contributed by atoms with van der Waals surface area (Å²) >= 11 is 0. The summed E-state index contributed by atoms with van der Waals surface area (Å²) in [5.41, 5.74) is 0.383. The van der Waals surface area contributed by atoms with Crippen molar-refractivity contribution in [1.29, 1.82) is 0 Å². The van der Waals surface area contributed by atoms with Gasteiger partial charge in [0, 0.05) is 5.69 Å². The quantitative estimate of drug-likeness (QED) is 0.645. The molecule has 0 saturated carbocycles. The van der Waals surface area contributed by atoms with E-state index in [0.29, 0.717) is 5.69 Å². The highest BCUT2D eigenvalue weighted by Crippen LogP contribution is 2.16. The van der Waals surface area contributed by atoms with Crippen LogP contribution in [0.3, 0.4) is 0 Å². The molecule has 1 heterocycles. The lowest BCUT2D eigenvalue weighted by atomic mass is 10.2. The van der Waals surface area contributed by atoms with Crippen molar-refractivity contribution < 1.29 is 23.5 Å². The van der Waals surface area contributed by atoms with Gasteiger partial charge in [0.05, 0.1) is 26.7 Å². The fourth-order valence-corrected chi connectivity index (χ4v) is 1.70. The second-order valence-electron chi connectivity index (χ2n) is 4.43. The van der Waals surface area contributed by atoms with Gasteiger partial charge < -0.3 is 14.8 Å². The van der Waals surface area contributed by atoms with Crippen LogP contribution in [-0.4, -0.2) is 35.9 Å². The van der Waals surface area contributed by atoms with Gasteiger partial charge in [-0.05, 0) is 24.3 Å². The van der Waals surface area contributed by atoms with Crippen molar-refractivity contribution in [2.24, 2.45) is 0 Å². The number of aromatic nitrogens is 2. The Balaban J connectivity index is 2.06. The van der Waals surface area contributed by atoms with Crippen molar-refractivity contribution in [3.05, 3.63) is 42.0 Å². The van der Waals surface area contributed by atoms with Crippen molar-refractivity contribution in [2.45, 2.75) is 6.42 Å². The maximum Gasteiger partial charge on any atom is 0.232 e. The van der Waals surface area contributed by atoms with Crippen molar-refractivity contribution in [1.82, 2.24) is 9.97 Å². The van der Waals surface area contributed by atoms with Gasteiger partial charge in [-0.3, -0.25) is 9.59 Å². The molecule has 120 valence electrons. The summed E-state index contributed by atoms with van der Waals surface area (Å²) in [5, 5.41) is 2.48. The van der Waals surface area contributed by atoms with Gasteiger partial charge in [-0.1, -0.05) is 0 Å². The Morgan fingerprint density at radius 2 is 1.65 bits per heavy atom. The van der Waals surface area contributed by atoms with Gasteiger partial charge in [-0.25, -0.2) is 4.39 Å². The molecule has 2 rings (SSSR count). The number of benzene rings is 1. The second-order valence-corrected chi connectivity index (χ2v) is 4.43. The maximum atomic E-state index is 12.8. The smallest absolute Gasteiger partial charge is 0.232 e. The molecule has 2 aromatic rings. The molecule has 8 heteroatoms. The minimum Gasteiger partial charge on any atom is -0.481 e. The van der Waals surface area contributed by atoms with Gasteiger partial charge in [-0.2, -0.15) is 9.97 Å². The molecule has 0 bridgehead atoms. The fraction of sp³-hybridized carbons (Fsp3) is 0.200. The first kappa shape index (κ1) is 16.3. The lowest BCUT2D eigenvalue weighted by molar-refractivity contribution is -0.115. The number of carbonyl (C=O) groups is 2. The standard InChI is InChI=1S/C15H14FN3O4/c1-22-13-8-14(23-2)19-15(18-13)11(20)7-12(21)17-10-5-3-9(16)4-6-10/h3-6,8H,7H2,1-2H3,(H,17,21). The highest BCUT2D eigenvalue weighted by Gasteiger charge is 2.17. The SMILES string of the molecule is COc1cc(OC)nc(C(=O)CC(=O)Nc2ccc(F)cc2)n1. The Kier molecular flexibility index (Phi) is 5.19.